The lowest BCUT2D eigenvalue weighted by molar-refractivity contribution is 0.392. The van der Waals surface area contributed by atoms with E-state index in [2.05, 4.69) is 50.4 Å². The molecule has 1 aromatic rings. The first-order valence-electron chi connectivity index (χ1n) is 7.69. The monoisotopic (exact) mass is 262 g/mol. The largest absolute Gasteiger partial charge is 0.324 e. The maximum absolute atomic E-state index is 6.31. The molecule has 108 valence electrons. The molecule has 0 aliphatic heterocycles. The molecule has 1 aromatic carbocycles. The summed E-state index contributed by atoms with van der Waals surface area (Å²) in [6.07, 6.45) is 5.22. The average Bonchev–Trinajstić information content (AvgIpc) is 2.45. The Morgan fingerprint density at radius 2 is 1.79 bits per heavy atom. The van der Waals surface area contributed by atoms with E-state index in [1.54, 1.807) is 0 Å². The van der Waals surface area contributed by atoms with E-state index in [1.807, 2.05) is 6.07 Å². The van der Waals surface area contributed by atoms with Crippen LogP contribution in [0.5, 0.6) is 0 Å². The molecule has 2 nitrogen and oxygen atoms in total. The molecule has 2 heteroatoms. The molecule has 3 unspecified atom stereocenters. The van der Waals surface area contributed by atoms with Crippen molar-refractivity contribution in [2.24, 2.45) is 11.7 Å². The summed E-state index contributed by atoms with van der Waals surface area (Å²) in [5, 5.41) is 3.61. The zero-order chi connectivity index (χ0) is 14.1. The van der Waals surface area contributed by atoms with Crippen LogP contribution in [0.15, 0.2) is 30.3 Å². The highest BCUT2D eigenvalue weighted by Crippen LogP contribution is 2.18. The van der Waals surface area contributed by atoms with Crippen molar-refractivity contribution in [1.29, 1.82) is 0 Å². The Morgan fingerprint density at radius 3 is 2.42 bits per heavy atom. The molecule has 0 aliphatic rings. The van der Waals surface area contributed by atoms with Crippen LogP contribution >= 0.6 is 0 Å². The van der Waals surface area contributed by atoms with Gasteiger partial charge in [0.05, 0.1) is 0 Å². The van der Waals surface area contributed by atoms with Crippen molar-refractivity contribution < 1.29 is 0 Å². The number of nitrogens with two attached hydrogens (primary N) is 1. The van der Waals surface area contributed by atoms with Gasteiger partial charge in [-0.05, 0) is 31.4 Å². The molecule has 0 radical (unpaired) electrons. The molecule has 0 spiro atoms. The number of unbranched alkanes of at least 4 members (excludes halogenated alkanes) is 2. The van der Waals surface area contributed by atoms with Gasteiger partial charge in [0.15, 0.2) is 0 Å². The van der Waals surface area contributed by atoms with Crippen LogP contribution < -0.4 is 11.1 Å². The molecule has 3 N–H and O–H groups in total. The maximum Gasteiger partial charge on any atom is 0.0333 e. The van der Waals surface area contributed by atoms with Gasteiger partial charge in [0.25, 0.3) is 0 Å². The van der Waals surface area contributed by atoms with Crippen molar-refractivity contribution >= 4 is 0 Å². The fraction of sp³-hybridized carbons (Fsp3) is 0.647. The lowest BCUT2D eigenvalue weighted by Gasteiger charge is -2.23. The summed E-state index contributed by atoms with van der Waals surface area (Å²) >= 11 is 0. The fourth-order valence-electron chi connectivity index (χ4n) is 2.32. The second kappa shape index (κ2) is 9.11. The van der Waals surface area contributed by atoms with Crippen molar-refractivity contribution in [2.45, 2.75) is 58.5 Å². The quantitative estimate of drug-likeness (QED) is 0.663. The molecule has 3 atom stereocenters. The molecule has 0 bridgehead atoms. The van der Waals surface area contributed by atoms with Crippen LogP contribution in [0.3, 0.4) is 0 Å². The third-order valence-corrected chi connectivity index (χ3v) is 3.83. The summed E-state index contributed by atoms with van der Waals surface area (Å²) < 4.78 is 0. The van der Waals surface area contributed by atoms with Gasteiger partial charge in [-0.2, -0.15) is 0 Å². The minimum atomic E-state index is 0.122. The third kappa shape index (κ3) is 6.22. The standard InChI is InChI=1S/C17H30N2/c1-4-5-7-10-15(3)19-13-14(2)17(18)16-11-8-6-9-12-16/h6,8-9,11-12,14-15,17,19H,4-5,7,10,13,18H2,1-3H3. The minimum absolute atomic E-state index is 0.122. The lowest BCUT2D eigenvalue weighted by atomic mass is 9.95. The highest BCUT2D eigenvalue weighted by Gasteiger charge is 2.15. The Hall–Kier alpha value is -0.860. The van der Waals surface area contributed by atoms with Crippen LogP contribution in [0.1, 0.15) is 58.1 Å². The summed E-state index contributed by atoms with van der Waals surface area (Å²) in [6, 6.07) is 11.1. The summed E-state index contributed by atoms with van der Waals surface area (Å²) in [4.78, 5) is 0. The van der Waals surface area contributed by atoms with E-state index in [0.717, 1.165) is 6.54 Å². The highest BCUT2D eigenvalue weighted by atomic mass is 14.9. The van der Waals surface area contributed by atoms with Gasteiger partial charge in [-0.3, -0.25) is 0 Å². The number of hydrogen-bond acceptors (Lipinski definition) is 2. The first-order chi connectivity index (χ1) is 9.15. The van der Waals surface area contributed by atoms with Crippen molar-refractivity contribution in [3.63, 3.8) is 0 Å². The molecule has 0 saturated carbocycles. The summed E-state index contributed by atoms with van der Waals surface area (Å²) in [5.41, 5.74) is 7.54. The van der Waals surface area contributed by atoms with E-state index in [-0.39, 0.29) is 6.04 Å². The van der Waals surface area contributed by atoms with Gasteiger partial charge in [-0.25, -0.2) is 0 Å². The van der Waals surface area contributed by atoms with Crippen molar-refractivity contribution in [3.05, 3.63) is 35.9 Å². The van der Waals surface area contributed by atoms with Crippen molar-refractivity contribution in [3.8, 4) is 0 Å². The number of rotatable bonds is 9. The Kier molecular flexibility index (Phi) is 7.76. The molecule has 0 heterocycles. The lowest BCUT2D eigenvalue weighted by Crippen LogP contribution is -2.34. The van der Waals surface area contributed by atoms with Crippen molar-refractivity contribution in [2.75, 3.05) is 6.54 Å². The SMILES string of the molecule is CCCCCC(C)NCC(C)C(N)c1ccccc1. The van der Waals surface area contributed by atoms with Gasteiger partial charge in [-0.1, -0.05) is 63.4 Å². The topological polar surface area (TPSA) is 38.0 Å². The summed E-state index contributed by atoms with van der Waals surface area (Å²) in [5.74, 6) is 0.455. The van der Waals surface area contributed by atoms with Crippen LogP contribution in [0.25, 0.3) is 0 Å². The highest BCUT2D eigenvalue weighted by molar-refractivity contribution is 5.19. The van der Waals surface area contributed by atoms with Crippen molar-refractivity contribution in [1.82, 2.24) is 5.32 Å². The van der Waals surface area contributed by atoms with Gasteiger partial charge in [-0.15, -0.1) is 0 Å². The molecule has 1 rings (SSSR count). The van der Waals surface area contributed by atoms with E-state index in [9.17, 15) is 0 Å². The van der Waals surface area contributed by atoms with Crippen LogP contribution in [0.4, 0.5) is 0 Å². The predicted octanol–water partition coefficient (Wildman–Crippen LogP) is 3.88. The van der Waals surface area contributed by atoms with Gasteiger partial charge in [0.2, 0.25) is 0 Å². The first-order valence-corrected chi connectivity index (χ1v) is 7.69. The Morgan fingerprint density at radius 1 is 1.11 bits per heavy atom. The molecular weight excluding hydrogens is 232 g/mol. The van der Waals surface area contributed by atoms with Gasteiger partial charge in [0.1, 0.15) is 0 Å². The molecular formula is C17H30N2. The van der Waals surface area contributed by atoms with E-state index in [0.29, 0.717) is 12.0 Å². The van der Waals surface area contributed by atoms with E-state index in [1.165, 1.54) is 31.2 Å². The predicted molar refractivity (Wildman–Crippen MR) is 84.1 cm³/mol. The second-order valence-corrected chi connectivity index (χ2v) is 5.72. The Bertz CT molecular complexity index is 323. The Labute approximate surface area is 118 Å². The van der Waals surface area contributed by atoms with Gasteiger partial charge < -0.3 is 11.1 Å². The second-order valence-electron chi connectivity index (χ2n) is 5.72. The molecule has 0 amide bonds. The fourth-order valence-corrected chi connectivity index (χ4v) is 2.32. The number of hydrogen-bond donors (Lipinski definition) is 2. The van der Waals surface area contributed by atoms with Crippen LogP contribution in [0.2, 0.25) is 0 Å². The maximum atomic E-state index is 6.31. The molecule has 0 aliphatic carbocycles. The van der Waals surface area contributed by atoms with E-state index in [4.69, 9.17) is 5.73 Å². The normalized spacial score (nSPS) is 16.0. The van der Waals surface area contributed by atoms with Crippen LogP contribution in [-0.4, -0.2) is 12.6 Å². The smallest absolute Gasteiger partial charge is 0.0333 e. The molecule has 19 heavy (non-hydrogen) atoms. The van der Waals surface area contributed by atoms with E-state index < -0.39 is 0 Å². The summed E-state index contributed by atoms with van der Waals surface area (Å²) in [6.45, 7) is 7.74. The first kappa shape index (κ1) is 16.2. The van der Waals surface area contributed by atoms with Crippen LogP contribution in [-0.2, 0) is 0 Å². The minimum Gasteiger partial charge on any atom is -0.324 e. The van der Waals surface area contributed by atoms with E-state index >= 15 is 0 Å². The third-order valence-electron chi connectivity index (χ3n) is 3.83. The van der Waals surface area contributed by atoms with Crippen LogP contribution in [0, 0.1) is 5.92 Å². The zero-order valence-corrected chi connectivity index (χ0v) is 12.7. The van der Waals surface area contributed by atoms with Gasteiger partial charge in [0, 0.05) is 12.1 Å². The Balaban J connectivity index is 2.28. The average molecular weight is 262 g/mol. The molecule has 0 aromatic heterocycles. The van der Waals surface area contributed by atoms with Gasteiger partial charge >= 0.3 is 0 Å². The number of nitrogens with one attached hydrogen (secondary N) is 1. The number of benzene rings is 1. The molecule has 0 fully saturated rings. The summed E-state index contributed by atoms with van der Waals surface area (Å²) in [7, 11) is 0. The zero-order valence-electron chi connectivity index (χ0n) is 12.7. The molecule has 0 saturated heterocycles.